The molecule has 4 rings (SSSR count). The second-order valence-corrected chi connectivity index (χ2v) is 7.33. The van der Waals surface area contributed by atoms with Crippen LogP contribution in [0.5, 0.6) is 0 Å². The lowest BCUT2D eigenvalue weighted by Gasteiger charge is -2.28. The van der Waals surface area contributed by atoms with E-state index in [0.717, 1.165) is 42.5 Å². The Morgan fingerprint density at radius 1 is 1.33 bits per heavy atom. The van der Waals surface area contributed by atoms with Crippen molar-refractivity contribution in [1.29, 1.82) is 0 Å². The number of aliphatic hydroxyl groups excluding tert-OH is 1. The summed E-state index contributed by atoms with van der Waals surface area (Å²) in [5, 5.41) is 18.0. The van der Waals surface area contributed by atoms with Crippen LogP contribution in [0.3, 0.4) is 0 Å². The van der Waals surface area contributed by atoms with Crippen LogP contribution in [0.25, 0.3) is 10.9 Å². The average Bonchev–Trinajstić information content (AvgIpc) is 3.28. The normalized spacial score (nSPS) is 16.1. The van der Waals surface area contributed by atoms with Crippen molar-refractivity contribution in [3.05, 3.63) is 52.5 Å². The summed E-state index contributed by atoms with van der Waals surface area (Å²) >= 11 is 6.00. The Balaban J connectivity index is 1.33. The van der Waals surface area contributed by atoms with E-state index in [1.807, 2.05) is 24.3 Å². The standard InChI is InChI=1S/C19H21ClN4O3/c20-13-1-2-17-12(7-13)8-14(22-17)10-21-19(26)18-9-16(27-23-18)11-24-5-3-15(25)4-6-24/h1-2,7-9,15,22,25H,3-6,10-11H2,(H,21,26). The number of nitrogens with zero attached hydrogens (tertiary/aromatic N) is 2. The molecule has 3 heterocycles. The third kappa shape index (κ3) is 4.32. The number of halogens is 1. The van der Waals surface area contributed by atoms with Crippen molar-refractivity contribution < 1.29 is 14.4 Å². The van der Waals surface area contributed by atoms with E-state index in [0.29, 0.717) is 23.9 Å². The van der Waals surface area contributed by atoms with Crippen LogP contribution in [0, 0.1) is 0 Å². The highest BCUT2D eigenvalue weighted by Gasteiger charge is 2.19. The quantitative estimate of drug-likeness (QED) is 0.624. The van der Waals surface area contributed by atoms with Gasteiger partial charge in [0.05, 0.1) is 19.2 Å². The minimum atomic E-state index is -0.282. The fourth-order valence-corrected chi connectivity index (χ4v) is 3.50. The van der Waals surface area contributed by atoms with Crippen LogP contribution < -0.4 is 5.32 Å². The zero-order chi connectivity index (χ0) is 18.8. The van der Waals surface area contributed by atoms with Crippen LogP contribution in [0.2, 0.25) is 5.02 Å². The maximum absolute atomic E-state index is 12.3. The maximum atomic E-state index is 12.3. The lowest BCUT2D eigenvalue weighted by Crippen LogP contribution is -2.35. The van der Waals surface area contributed by atoms with Gasteiger partial charge in [0.2, 0.25) is 0 Å². The van der Waals surface area contributed by atoms with Crippen LogP contribution in [-0.2, 0) is 13.1 Å². The number of H-pyrrole nitrogens is 1. The number of nitrogens with one attached hydrogen (secondary N) is 2. The molecule has 1 aliphatic heterocycles. The SMILES string of the molecule is O=C(NCc1cc2cc(Cl)ccc2[nH]1)c1cc(CN2CCC(O)CC2)on1. The van der Waals surface area contributed by atoms with Crippen molar-refractivity contribution in [3.63, 3.8) is 0 Å². The van der Waals surface area contributed by atoms with Gasteiger partial charge >= 0.3 is 0 Å². The van der Waals surface area contributed by atoms with E-state index >= 15 is 0 Å². The first-order chi connectivity index (χ1) is 13.1. The van der Waals surface area contributed by atoms with Crippen molar-refractivity contribution in [1.82, 2.24) is 20.4 Å². The summed E-state index contributed by atoms with van der Waals surface area (Å²) in [7, 11) is 0. The topological polar surface area (TPSA) is 94.4 Å². The molecular formula is C19H21ClN4O3. The number of amides is 1. The summed E-state index contributed by atoms with van der Waals surface area (Å²) in [6, 6.07) is 9.24. The summed E-state index contributed by atoms with van der Waals surface area (Å²) in [6.07, 6.45) is 1.31. The molecule has 3 N–H and O–H groups in total. The lowest BCUT2D eigenvalue weighted by molar-refractivity contribution is 0.0748. The van der Waals surface area contributed by atoms with Gasteiger partial charge in [-0.1, -0.05) is 16.8 Å². The smallest absolute Gasteiger partial charge is 0.273 e. The van der Waals surface area contributed by atoms with Gasteiger partial charge < -0.3 is 19.9 Å². The molecule has 3 aromatic rings. The molecule has 142 valence electrons. The number of benzene rings is 1. The average molecular weight is 389 g/mol. The lowest BCUT2D eigenvalue weighted by atomic mass is 10.1. The zero-order valence-corrected chi connectivity index (χ0v) is 15.5. The number of hydrogen-bond acceptors (Lipinski definition) is 5. The van der Waals surface area contributed by atoms with E-state index in [-0.39, 0.29) is 17.7 Å². The number of aromatic nitrogens is 2. The summed E-state index contributed by atoms with van der Waals surface area (Å²) in [4.78, 5) is 17.8. The Morgan fingerprint density at radius 3 is 2.96 bits per heavy atom. The van der Waals surface area contributed by atoms with Gasteiger partial charge in [0.15, 0.2) is 11.5 Å². The monoisotopic (exact) mass is 388 g/mol. The van der Waals surface area contributed by atoms with Crippen LogP contribution >= 0.6 is 11.6 Å². The third-order valence-electron chi connectivity index (χ3n) is 4.81. The van der Waals surface area contributed by atoms with E-state index in [9.17, 15) is 9.90 Å². The zero-order valence-electron chi connectivity index (χ0n) is 14.7. The molecule has 27 heavy (non-hydrogen) atoms. The van der Waals surface area contributed by atoms with Gasteiger partial charge in [-0.2, -0.15) is 0 Å². The number of carbonyl (C=O) groups excluding carboxylic acids is 1. The Labute approximate surface area is 161 Å². The second kappa shape index (κ2) is 7.72. The maximum Gasteiger partial charge on any atom is 0.273 e. The molecule has 1 aromatic carbocycles. The van der Waals surface area contributed by atoms with Crippen molar-refractivity contribution >= 4 is 28.4 Å². The minimum absolute atomic E-state index is 0.210. The predicted octanol–water partition coefficient (Wildman–Crippen LogP) is 2.70. The molecule has 7 nitrogen and oxygen atoms in total. The van der Waals surface area contributed by atoms with Crippen molar-refractivity contribution in [2.45, 2.75) is 32.0 Å². The number of likely N-dealkylation sites (tertiary alicyclic amines) is 1. The van der Waals surface area contributed by atoms with Gasteiger partial charge in [0.1, 0.15) is 0 Å². The number of piperidine rings is 1. The van der Waals surface area contributed by atoms with E-state index in [2.05, 4.69) is 20.4 Å². The molecule has 0 saturated carbocycles. The minimum Gasteiger partial charge on any atom is -0.393 e. The van der Waals surface area contributed by atoms with Gasteiger partial charge in [-0.25, -0.2) is 0 Å². The molecule has 1 fully saturated rings. The number of fused-ring (bicyclic) bond motifs is 1. The third-order valence-corrected chi connectivity index (χ3v) is 5.04. The van der Waals surface area contributed by atoms with Crippen LogP contribution in [-0.4, -0.2) is 45.2 Å². The first-order valence-electron chi connectivity index (χ1n) is 8.98. The molecule has 0 bridgehead atoms. The summed E-state index contributed by atoms with van der Waals surface area (Å²) in [5.74, 6) is 0.368. The number of aliphatic hydroxyl groups is 1. The molecule has 0 radical (unpaired) electrons. The molecule has 0 atom stereocenters. The Morgan fingerprint density at radius 2 is 2.15 bits per heavy atom. The van der Waals surface area contributed by atoms with Crippen molar-refractivity contribution in [2.24, 2.45) is 0 Å². The van der Waals surface area contributed by atoms with E-state index < -0.39 is 0 Å². The first-order valence-corrected chi connectivity index (χ1v) is 9.36. The molecule has 8 heteroatoms. The predicted molar refractivity (Wildman–Crippen MR) is 101 cm³/mol. The highest BCUT2D eigenvalue weighted by Crippen LogP contribution is 2.20. The number of hydrogen-bond donors (Lipinski definition) is 3. The second-order valence-electron chi connectivity index (χ2n) is 6.89. The molecule has 0 unspecified atom stereocenters. The van der Waals surface area contributed by atoms with Crippen molar-refractivity contribution in [2.75, 3.05) is 13.1 Å². The van der Waals surface area contributed by atoms with Crippen LogP contribution in [0.1, 0.15) is 34.8 Å². The van der Waals surface area contributed by atoms with Gasteiger partial charge in [-0.15, -0.1) is 0 Å². The highest BCUT2D eigenvalue weighted by atomic mass is 35.5. The van der Waals surface area contributed by atoms with Gasteiger partial charge in [0, 0.05) is 40.8 Å². The number of aromatic amines is 1. The molecule has 1 aliphatic rings. The molecular weight excluding hydrogens is 368 g/mol. The van der Waals surface area contributed by atoms with Crippen molar-refractivity contribution in [3.8, 4) is 0 Å². The van der Waals surface area contributed by atoms with Gasteiger partial charge in [-0.05, 0) is 37.1 Å². The van der Waals surface area contributed by atoms with Gasteiger partial charge in [-0.3, -0.25) is 9.69 Å². The van der Waals surface area contributed by atoms with Crippen LogP contribution in [0.4, 0.5) is 0 Å². The van der Waals surface area contributed by atoms with E-state index in [1.165, 1.54) is 0 Å². The summed E-state index contributed by atoms with van der Waals surface area (Å²) in [5.41, 5.74) is 2.12. The first kappa shape index (κ1) is 18.0. The molecule has 0 aliphatic carbocycles. The molecule has 1 amide bonds. The summed E-state index contributed by atoms with van der Waals surface area (Å²) < 4.78 is 5.29. The highest BCUT2D eigenvalue weighted by molar-refractivity contribution is 6.31. The largest absolute Gasteiger partial charge is 0.393 e. The molecule has 1 saturated heterocycles. The van der Waals surface area contributed by atoms with E-state index in [1.54, 1.807) is 6.07 Å². The van der Waals surface area contributed by atoms with Crippen LogP contribution in [0.15, 0.2) is 34.9 Å². The fraction of sp³-hybridized carbons (Fsp3) is 0.368. The van der Waals surface area contributed by atoms with E-state index in [4.69, 9.17) is 16.1 Å². The Bertz CT molecular complexity index is 943. The molecule has 0 spiro atoms. The molecule has 2 aromatic heterocycles. The summed E-state index contributed by atoms with van der Waals surface area (Å²) in [6.45, 7) is 2.58. The van der Waals surface area contributed by atoms with Gasteiger partial charge in [0.25, 0.3) is 5.91 Å². The fourth-order valence-electron chi connectivity index (χ4n) is 3.32. The Hall–Kier alpha value is -2.35. The number of carbonyl (C=O) groups is 1. The Kier molecular flexibility index (Phi) is 5.15. The number of rotatable bonds is 5.